The predicted octanol–water partition coefficient (Wildman–Crippen LogP) is 5.44. The maximum Gasteiger partial charge on any atom is 0.194 e. The normalized spacial score (nSPS) is 10.6. The molecular formula is C18H11Cl2NO. The van der Waals surface area contributed by atoms with Crippen molar-refractivity contribution in [1.29, 1.82) is 0 Å². The molecule has 22 heavy (non-hydrogen) atoms. The van der Waals surface area contributed by atoms with Crippen LogP contribution < -0.4 is 0 Å². The average Bonchev–Trinajstić information content (AvgIpc) is 2.53. The predicted molar refractivity (Wildman–Crippen MR) is 91.6 cm³/mol. The number of nitrogens with zero attached hydrogens (tertiary/aromatic N) is 1. The van der Waals surface area contributed by atoms with Crippen molar-refractivity contribution in [2.45, 2.75) is 0 Å². The van der Waals surface area contributed by atoms with Crippen LogP contribution in [0.4, 0.5) is 0 Å². The summed E-state index contributed by atoms with van der Waals surface area (Å²) in [7, 11) is 0. The largest absolute Gasteiger partial charge is 0.289 e. The summed E-state index contributed by atoms with van der Waals surface area (Å²) in [6.07, 6.45) is 0. The Morgan fingerprint density at radius 2 is 1.59 bits per heavy atom. The first-order chi connectivity index (χ1) is 10.5. The molecule has 108 valence electrons. The molecule has 0 aliphatic heterocycles. The number of fused-ring (bicyclic) bond motifs is 1. The molecule has 0 aliphatic carbocycles. The Balaban J connectivity index is 1.96. The van der Waals surface area contributed by atoms with Gasteiger partial charge < -0.3 is 0 Å². The highest BCUT2D eigenvalue weighted by Gasteiger charge is 2.13. The van der Waals surface area contributed by atoms with Gasteiger partial charge in [-0.1, -0.05) is 35.8 Å². The molecule has 0 unspecified atom stereocenters. The molecule has 0 atom stereocenters. The van der Waals surface area contributed by atoms with Crippen molar-refractivity contribution >= 4 is 45.5 Å². The van der Waals surface area contributed by atoms with Gasteiger partial charge in [0.05, 0.1) is 11.2 Å². The second kappa shape index (κ2) is 5.91. The van der Waals surface area contributed by atoms with Crippen LogP contribution in [0.25, 0.3) is 16.5 Å². The number of rotatable bonds is 3. The quantitative estimate of drug-likeness (QED) is 0.473. The fourth-order valence-electron chi connectivity index (χ4n) is 2.16. The molecule has 0 aliphatic rings. The molecule has 0 bridgehead atoms. The molecule has 1 heterocycles. The van der Waals surface area contributed by atoms with E-state index in [-0.39, 0.29) is 5.78 Å². The molecule has 0 spiro atoms. The molecule has 2 nitrogen and oxygen atoms in total. The van der Waals surface area contributed by atoms with E-state index in [4.69, 9.17) is 23.2 Å². The number of allylic oxidation sites excluding steroid dienone is 1. The topological polar surface area (TPSA) is 30.0 Å². The Kier molecular flexibility index (Phi) is 3.97. The lowest BCUT2D eigenvalue weighted by atomic mass is 10.0. The molecule has 0 amide bonds. The van der Waals surface area contributed by atoms with Crippen LogP contribution in [0.15, 0.2) is 61.2 Å². The number of carbonyl (C=O) groups is 1. The van der Waals surface area contributed by atoms with Crippen LogP contribution >= 0.6 is 23.2 Å². The van der Waals surface area contributed by atoms with Crippen LogP contribution in [0.5, 0.6) is 0 Å². The number of benzene rings is 2. The second-order valence-corrected chi connectivity index (χ2v) is 5.72. The minimum absolute atomic E-state index is 0.169. The fourth-order valence-corrected chi connectivity index (χ4v) is 2.46. The van der Waals surface area contributed by atoms with E-state index in [2.05, 4.69) is 11.6 Å². The van der Waals surface area contributed by atoms with Crippen LogP contribution in [0, 0.1) is 0 Å². The van der Waals surface area contributed by atoms with E-state index in [0.717, 1.165) is 10.9 Å². The first-order valence-electron chi connectivity index (χ1n) is 6.60. The zero-order valence-corrected chi connectivity index (χ0v) is 13.0. The fraction of sp³-hybridized carbons (Fsp3) is 0. The molecule has 4 heteroatoms. The van der Waals surface area contributed by atoms with Crippen LogP contribution in [-0.4, -0.2) is 10.8 Å². The number of pyridine rings is 1. The molecule has 3 rings (SSSR count). The summed E-state index contributed by atoms with van der Waals surface area (Å²) < 4.78 is 0. The highest BCUT2D eigenvalue weighted by Crippen LogP contribution is 2.22. The van der Waals surface area contributed by atoms with E-state index in [1.165, 1.54) is 0 Å². The highest BCUT2D eigenvalue weighted by molar-refractivity contribution is 6.32. The Bertz CT molecular complexity index is 885. The Labute approximate surface area is 138 Å². The Morgan fingerprint density at radius 1 is 0.909 bits per heavy atom. The molecule has 0 fully saturated rings. The van der Waals surface area contributed by atoms with Gasteiger partial charge in [-0.2, -0.15) is 0 Å². The molecule has 3 aromatic rings. The van der Waals surface area contributed by atoms with Crippen molar-refractivity contribution in [2.75, 3.05) is 0 Å². The molecule has 0 saturated carbocycles. The van der Waals surface area contributed by atoms with Crippen LogP contribution in [0.1, 0.15) is 16.1 Å². The summed E-state index contributed by atoms with van der Waals surface area (Å²) in [4.78, 5) is 16.9. The third-order valence-corrected chi connectivity index (χ3v) is 3.83. The van der Waals surface area contributed by atoms with Gasteiger partial charge in [0.2, 0.25) is 0 Å². The van der Waals surface area contributed by atoms with Gasteiger partial charge in [-0.15, -0.1) is 0 Å². The van der Waals surface area contributed by atoms with Gasteiger partial charge in [0.1, 0.15) is 0 Å². The van der Waals surface area contributed by atoms with Gasteiger partial charge in [0, 0.05) is 26.6 Å². The lowest BCUT2D eigenvalue weighted by Crippen LogP contribution is -2.03. The standard InChI is InChI=1S/C18H11Cl2NO/c1-11(18(22)12-2-5-14(19)6-3-12)16-8-4-13-10-15(20)7-9-17(13)21-16/h2-10H,1H2. The average molecular weight is 328 g/mol. The molecule has 0 saturated heterocycles. The van der Waals surface area contributed by atoms with E-state index >= 15 is 0 Å². The van der Waals surface area contributed by atoms with Crippen molar-refractivity contribution in [3.63, 3.8) is 0 Å². The number of aromatic nitrogens is 1. The maximum absolute atomic E-state index is 12.4. The number of Topliss-reactive ketones (excluding diaryl/α,β-unsaturated/α-hetero) is 1. The lowest BCUT2D eigenvalue weighted by molar-refractivity contribution is 0.105. The number of hydrogen-bond donors (Lipinski definition) is 0. The van der Waals surface area contributed by atoms with E-state index in [1.807, 2.05) is 18.2 Å². The summed E-state index contributed by atoms with van der Waals surface area (Å²) in [5.74, 6) is -0.169. The monoisotopic (exact) mass is 327 g/mol. The SMILES string of the molecule is C=C(C(=O)c1ccc(Cl)cc1)c1ccc2cc(Cl)ccc2n1. The summed E-state index contributed by atoms with van der Waals surface area (Å²) in [6.45, 7) is 3.88. The molecule has 0 radical (unpaired) electrons. The number of hydrogen-bond acceptors (Lipinski definition) is 2. The summed E-state index contributed by atoms with van der Waals surface area (Å²) in [5, 5.41) is 2.16. The van der Waals surface area contributed by atoms with Gasteiger partial charge in [0.15, 0.2) is 5.78 Å². The van der Waals surface area contributed by atoms with Gasteiger partial charge in [-0.25, -0.2) is 4.98 Å². The number of halogens is 2. The van der Waals surface area contributed by atoms with E-state index < -0.39 is 0 Å². The van der Waals surface area contributed by atoms with Crippen LogP contribution in [0.2, 0.25) is 10.0 Å². The molecule has 0 N–H and O–H groups in total. The van der Waals surface area contributed by atoms with Crippen molar-refractivity contribution in [3.05, 3.63) is 82.5 Å². The van der Waals surface area contributed by atoms with Crippen LogP contribution in [0.3, 0.4) is 0 Å². The Morgan fingerprint density at radius 3 is 2.32 bits per heavy atom. The van der Waals surface area contributed by atoms with E-state index in [1.54, 1.807) is 36.4 Å². The molecular weight excluding hydrogens is 317 g/mol. The lowest BCUT2D eigenvalue weighted by Gasteiger charge is -2.06. The summed E-state index contributed by atoms with van der Waals surface area (Å²) >= 11 is 11.8. The number of carbonyl (C=O) groups excluding carboxylic acids is 1. The first kappa shape index (κ1) is 14.8. The summed E-state index contributed by atoms with van der Waals surface area (Å²) in [5.41, 5.74) is 2.20. The summed E-state index contributed by atoms with van der Waals surface area (Å²) in [6, 6.07) is 15.8. The van der Waals surface area contributed by atoms with Crippen molar-refractivity contribution in [1.82, 2.24) is 4.98 Å². The first-order valence-corrected chi connectivity index (χ1v) is 7.36. The smallest absolute Gasteiger partial charge is 0.194 e. The minimum atomic E-state index is -0.169. The maximum atomic E-state index is 12.4. The van der Waals surface area contributed by atoms with Crippen molar-refractivity contribution in [2.24, 2.45) is 0 Å². The third kappa shape index (κ3) is 2.89. The van der Waals surface area contributed by atoms with Gasteiger partial charge >= 0.3 is 0 Å². The zero-order chi connectivity index (χ0) is 15.7. The molecule has 2 aromatic carbocycles. The third-order valence-electron chi connectivity index (χ3n) is 3.34. The molecule has 1 aromatic heterocycles. The van der Waals surface area contributed by atoms with Crippen molar-refractivity contribution < 1.29 is 4.79 Å². The van der Waals surface area contributed by atoms with E-state index in [0.29, 0.717) is 26.9 Å². The van der Waals surface area contributed by atoms with Gasteiger partial charge in [-0.05, 0) is 48.5 Å². The van der Waals surface area contributed by atoms with E-state index in [9.17, 15) is 4.79 Å². The Hall–Kier alpha value is -2.16. The van der Waals surface area contributed by atoms with Crippen molar-refractivity contribution in [3.8, 4) is 0 Å². The minimum Gasteiger partial charge on any atom is -0.289 e. The second-order valence-electron chi connectivity index (χ2n) is 4.85. The van der Waals surface area contributed by atoms with Gasteiger partial charge in [0.25, 0.3) is 0 Å². The zero-order valence-electron chi connectivity index (χ0n) is 11.5. The van der Waals surface area contributed by atoms with Gasteiger partial charge in [-0.3, -0.25) is 4.79 Å². The highest BCUT2D eigenvalue weighted by atomic mass is 35.5. The number of ketones is 1. The van der Waals surface area contributed by atoms with Crippen LogP contribution in [-0.2, 0) is 0 Å².